The van der Waals surface area contributed by atoms with Gasteiger partial charge in [0.05, 0.1) is 0 Å². The van der Waals surface area contributed by atoms with Crippen LogP contribution in [0.4, 0.5) is 5.69 Å². The van der Waals surface area contributed by atoms with Crippen molar-refractivity contribution in [3.8, 4) is 0 Å². The van der Waals surface area contributed by atoms with Crippen LogP contribution in [0.5, 0.6) is 0 Å². The Morgan fingerprint density at radius 1 is 1.31 bits per heavy atom. The van der Waals surface area contributed by atoms with Gasteiger partial charge in [-0.3, -0.25) is 4.72 Å². The molecule has 0 aliphatic heterocycles. The molecular formula is C10H14NNaO3S. The van der Waals surface area contributed by atoms with Crippen molar-refractivity contribution >= 4 is 16.0 Å². The number of hydrogen-bond donors (Lipinski definition) is 1. The van der Waals surface area contributed by atoms with Gasteiger partial charge in [0.25, 0.3) is 0 Å². The molecule has 0 saturated heterocycles. The second kappa shape index (κ2) is 6.61. The molecule has 1 N–H and O–H groups in total. The van der Waals surface area contributed by atoms with Gasteiger partial charge in [-0.1, -0.05) is 26.0 Å². The maximum atomic E-state index is 10.4. The molecule has 0 heterocycles. The van der Waals surface area contributed by atoms with E-state index >= 15 is 0 Å². The summed E-state index contributed by atoms with van der Waals surface area (Å²) >= 11 is 0. The molecule has 0 spiro atoms. The third-order valence-electron chi connectivity index (χ3n) is 2.33. The van der Waals surface area contributed by atoms with E-state index in [-0.39, 0.29) is 29.6 Å². The molecule has 1 atom stereocenters. The van der Waals surface area contributed by atoms with E-state index in [0.29, 0.717) is 11.6 Å². The molecule has 6 heteroatoms. The van der Waals surface area contributed by atoms with Crippen LogP contribution in [0.25, 0.3) is 0 Å². The van der Waals surface area contributed by atoms with Crippen molar-refractivity contribution in [1.29, 1.82) is 0 Å². The molecule has 1 aromatic rings. The fourth-order valence-corrected chi connectivity index (χ4v) is 1.68. The zero-order valence-corrected chi connectivity index (χ0v) is 12.5. The maximum Gasteiger partial charge on any atom is 1.00 e. The third-order valence-corrected chi connectivity index (χ3v) is 2.82. The van der Waals surface area contributed by atoms with Gasteiger partial charge in [0, 0.05) is 5.69 Å². The fourth-order valence-electron chi connectivity index (χ4n) is 1.26. The molecule has 4 nitrogen and oxygen atoms in total. The first-order chi connectivity index (χ1) is 6.92. The van der Waals surface area contributed by atoms with Crippen molar-refractivity contribution in [2.75, 3.05) is 4.72 Å². The number of hydrogen-bond acceptors (Lipinski definition) is 3. The molecule has 0 radical (unpaired) electrons. The summed E-state index contributed by atoms with van der Waals surface area (Å²) in [4.78, 5) is 0. The van der Waals surface area contributed by atoms with Gasteiger partial charge in [0.2, 0.25) is 0 Å². The van der Waals surface area contributed by atoms with E-state index in [9.17, 15) is 13.0 Å². The normalized spacial score (nSPS) is 12.7. The van der Waals surface area contributed by atoms with Gasteiger partial charge >= 0.3 is 29.6 Å². The van der Waals surface area contributed by atoms with Crippen LogP contribution in [0.2, 0.25) is 0 Å². The molecule has 16 heavy (non-hydrogen) atoms. The van der Waals surface area contributed by atoms with Gasteiger partial charge in [-0.2, -0.15) is 0 Å². The minimum absolute atomic E-state index is 0. The van der Waals surface area contributed by atoms with Gasteiger partial charge in [-0.15, -0.1) is 0 Å². The molecule has 0 fully saturated rings. The Morgan fingerprint density at radius 3 is 2.19 bits per heavy atom. The quantitative estimate of drug-likeness (QED) is 0.555. The van der Waals surface area contributed by atoms with E-state index in [2.05, 4.69) is 13.8 Å². The first kappa shape index (κ1) is 15.9. The van der Waals surface area contributed by atoms with Crippen LogP contribution in [0.1, 0.15) is 31.7 Å². The molecule has 1 rings (SSSR count). The predicted molar refractivity (Wildman–Crippen MR) is 58.5 cm³/mol. The molecule has 0 saturated carbocycles. The van der Waals surface area contributed by atoms with Crippen molar-refractivity contribution in [3.05, 3.63) is 29.8 Å². The van der Waals surface area contributed by atoms with Crippen LogP contribution in [-0.4, -0.2) is 13.0 Å². The SMILES string of the molecule is CCC(C)c1ccc(NS(=O)(=O)[O-])cc1.[Na+]. The minimum Gasteiger partial charge on any atom is -0.731 e. The molecule has 0 bridgehead atoms. The van der Waals surface area contributed by atoms with Gasteiger partial charge in [-0.05, 0) is 30.0 Å². The van der Waals surface area contributed by atoms with Crippen LogP contribution in [-0.2, 0) is 10.3 Å². The molecule has 0 aliphatic carbocycles. The van der Waals surface area contributed by atoms with Crippen LogP contribution in [0.3, 0.4) is 0 Å². The smallest absolute Gasteiger partial charge is 0.731 e. The Labute approximate surface area is 119 Å². The monoisotopic (exact) mass is 251 g/mol. The Hall–Kier alpha value is -0.0700. The number of benzene rings is 1. The van der Waals surface area contributed by atoms with Crippen molar-refractivity contribution in [2.24, 2.45) is 0 Å². The van der Waals surface area contributed by atoms with E-state index in [1.807, 2.05) is 16.9 Å². The van der Waals surface area contributed by atoms with Crippen molar-refractivity contribution in [2.45, 2.75) is 26.2 Å². The zero-order valence-electron chi connectivity index (χ0n) is 9.73. The zero-order chi connectivity index (χ0) is 11.5. The summed E-state index contributed by atoms with van der Waals surface area (Å²) in [5, 5.41) is 0. The van der Waals surface area contributed by atoms with E-state index in [1.165, 1.54) is 0 Å². The molecule has 1 unspecified atom stereocenters. The number of nitrogens with one attached hydrogen (secondary N) is 1. The summed E-state index contributed by atoms with van der Waals surface area (Å²) in [5.41, 5.74) is 1.43. The summed E-state index contributed by atoms with van der Waals surface area (Å²) < 4.78 is 33.1. The molecule has 1 aromatic carbocycles. The Morgan fingerprint density at radius 2 is 1.81 bits per heavy atom. The second-order valence-corrected chi connectivity index (χ2v) is 4.60. The summed E-state index contributed by atoms with van der Waals surface area (Å²) in [6.45, 7) is 4.17. The van der Waals surface area contributed by atoms with Crippen molar-refractivity contribution in [3.63, 3.8) is 0 Å². The predicted octanol–water partition coefficient (Wildman–Crippen LogP) is -0.924. The first-order valence-electron chi connectivity index (χ1n) is 4.76. The molecule has 0 aromatic heterocycles. The van der Waals surface area contributed by atoms with Gasteiger partial charge < -0.3 is 4.55 Å². The fraction of sp³-hybridized carbons (Fsp3) is 0.400. The van der Waals surface area contributed by atoms with Gasteiger partial charge in [-0.25, -0.2) is 8.42 Å². The summed E-state index contributed by atoms with van der Waals surface area (Å²) in [7, 11) is -4.42. The average molecular weight is 251 g/mol. The summed E-state index contributed by atoms with van der Waals surface area (Å²) in [6.07, 6.45) is 1.02. The second-order valence-electron chi connectivity index (χ2n) is 3.49. The molecule has 0 amide bonds. The summed E-state index contributed by atoms with van der Waals surface area (Å²) in [6, 6.07) is 6.83. The van der Waals surface area contributed by atoms with Crippen LogP contribution < -0.4 is 34.3 Å². The number of anilines is 1. The molecular weight excluding hydrogens is 237 g/mol. The molecule has 0 aliphatic rings. The first-order valence-corrected chi connectivity index (χ1v) is 6.17. The van der Waals surface area contributed by atoms with Gasteiger partial charge in [0.15, 0.2) is 10.3 Å². The van der Waals surface area contributed by atoms with Crippen molar-refractivity contribution in [1.82, 2.24) is 0 Å². The Bertz CT molecular complexity index is 416. The van der Waals surface area contributed by atoms with Crippen LogP contribution >= 0.6 is 0 Å². The third kappa shape index (κ3) is 5.32. The van der Waals surface area contributed by atoms with Crippen LogP contribution in [0, 0.1) is 0 Å². The number of rotatable bonds is 4. The molecule has 84 valence electrons. The summed E-state index contributed by atoms with van der Waals surface area (Å²) in [5.74, 6) is 0.433. The largest absolute Gasteiger partial charge is 1.00 e. The average Bonchev–Trinajstić information content (AvgIpc) is 2.15. The van der Waals surface area contributed by atoms with Gasteiger partial charge in [0.1, 0.15) is 0 Å². The van der Waals surface area contributed by atoms with Crippen LogP contribution in [0.15, 0.2) is 24.3 Å². The van der Waals surface area contributed by atoms with E-state index < -0.39 is 10.3 Å². The Balaban J connectivity index is 0.00000225. The van der Waals surface area contributed by atoms with E-state index in [4.69, 9.17) is 0 Å². The Kier molecular flexibility index (Phi) is 6.58. The standard InChI is InChI=1S/C10H15NO3S.Na/c1-3-8(2)9-4-6-10(7-5-9)11-15(12,13)14;/h4-8,11H,3H2,1-2H3,(H,12,13,14);/q;+1/p-1. The van der Waals surface area contributed by atoms with E-state index in [0.717, 1.165) is 12.0 Å². The minimum atomic E-state index is -4.42. The topological polar surface area (TPSA) is 69.2 Å². The van der Waals surface area contributed by atoms with Crippen molar-refractivity contribution < 1.29 is 42.5 Å². The van der Waals surface area contributed by atoms with E-state index in [1.54, 1.807) is 12.1 Å². The maximum absolute atomic E-state index is 10.4.